The Kier molecular flexibility index (Phi) is 1.37. The van der Waals surface area contributed by atoms with Gasteiger partial charge in [-0.1, -0.05) is 12.1 Å². The normalized spacial score (nSPS) is 21.0. The maximum absolute atomic E-state index is 9.23. The molecule has 0 saturated carbocycles. The number of benzene rings is 1. The molecule has 1 aliphatic heterocycles. The second-order valence-corrected chi connectivity index (χ2v) is 2.46. The van der Waals surface area contributed by atoms with Crippen LogP contribution in [0.2, 0.25) is 0 Å². The summed E-state index contributed by atoms with van der Waals surface area (Å²) in [6.07, 6.45) is -0.883. The fraction of sp³-hybridized carbons (Fsp3) is 0.143. The molecule has 1 atom stereocenters. The summed E-state index contributed by atoms with van der Waals surface area (Å²) >= 11 is 0. The average Bonchev–Trinajstić information content (AvgIpc) is 2.34. The van der Waals surface area contributed by atoms with E-state index in [1.165, 1.54) is 7.48 Å². The molecule has 4 heteroatoms. The lowest BCUT2D eigenvalue weighted by molar-refractivity contribution is -0.00737. The van der Waals surface area contributed by atoms with Gasteiger partial charge in [0.25, 0.3) is 0 Å². The smallest absolute Gasteiger partial charge is 0.334 e. The predicted molar refractivity (Wildman–Crippen MR) is 42.3 cm³/mol. The molecule has 3 nitrogen and oxygen atoms in total. The van der Waals surface area contributed by atoms with Gasteiger partial charge in [0.2, 0.25) is 0 Å². The van der Waals surface area contributed by atoms with Gasteiger partial charge in [0, 0.05) is 11.3 Å². The lowest BCUT2D eigenvalue weighted by atomic mass is 9.87. The van der Waals surface area contributed by atoms with E-state index in [4.69, 9.17) is 10.4 Å². The van der Waals surface area contributed by atoms with Crippen LogP contribution in [-0.4, -0.2) is 12.6 Å². The van der Waals surface area contributed by atoms with Crippen LogP contribution in [0.1, 0.15) is 11.9 Å². The molecule has 1 aromatic carbocycles. The Balaban J connectivity index is 2.58. The van der Waals surface area contributed by atoms with E-state index in [0.717, 1.165) is 5.46 Å². The Hall–Kier alpha value is -0.995. The zero-order valence-electron chi connectivity index (χ0n) is 5.82. The maximum Gasteiger partial charge on any atom is 0.334 e. The first kappa shape index (κ1) is 6.70. The standard InChI is InChI=1S/C7H7BNO2/c9-5-3-1-2-4-6(5)7(10)11-8-4/h1-3,7,10H,9H2. The van der Waals surface area contributed by atoms with E-state index < -0.39 is 6.29 Å². The zero-order chi connectivity index (χ0) is 7.84. The van der Waals surface area contributed by atoms with E-state index in [2.05, 4.69) is 0 Å². The van der Waals surface area contributed by atoms with Crippen molar-refractivity contribution in [2.24, 2.45) is 0 Å². The number of aliphatic hydroxyl groups is 1. The Morgan fingerprint density at radius 2 is 2.36 bits per heavy atom. The third kappa shape index (κ3) is 0.913. The van der Waals surface area contributed by atoms with Gasteiger partial charge in [-0.2, -0.15) is 0 Å². The summed E-state index contributed by atoms with van der Waals surface area (Å²) in [6.45, 7) is 0. The van der Waals surface area contributed by atoms with Crippen LogP contribution >= 0.6 is 0 Å². The number of fused-ring (bicyclic) bond motifs is 1. The minimum Gasteiger partial charge on any atom is -0.407 e. The first-order valence-corrected chi connectivity index (χ1v) is 3.34. The van der Waals surface area contributed by atoms with Gasteiger partial charge >= 0.3 is 7.48 Å². The number of hydrogen-bond acceptors (Lipinski definition) is 3. The summed E-state index contributed by atoms with van der Waals surface area (Å²) in [4.78, 5) is 0. The molecule has 3 N–H and O–H groups in total. The van der Waals surface area contributed by atoms with Gasteiger partial charge in [-0.25, -0.2) is 0 Å². The average molecular weight is 148 g/mol. The van der Waals surface area contributed by atoms with Crippen molar-refractivity contribution >= 4 is 18.6 Å². The van der Waals surface area contributed by atoms with Crippen molar-refractivity contribution in [3.05, 3.63) is 23.8 Å². The van der Waals surface area contributed by atoms with Crippen molar-refractivity contribution in [2.45, 2.75) is 6.29 Å². The maximum atomic E-state index is 9.23. The molecular formula is C7H7BNO2. The van der Waals surface area contributed by atoms with E-state index in [-0.39, 0.29) is 0 Å². The monoisotopic (exact) mass is 148 g/mol. The zero-order valence-corrected chi connectivity index (χ0v) is 5.82. The molecule has 0 spiro atoms. The molecule has 1 aliphatic rings. The topological polar surface area (TPSA) is 55.5 Å². The van der Waals surface area contributed by atoms with Crippen molar-refractivity contribution in [1.82, 2.24) is 0 Å². The van der Waals surface area contributed by atoms with Crippen LogP contribution in [0.5, 0.6) is 0 Å². The second-order valence-electron chi connectivity index (χ2n) is 2.46. The minimum absolute atomic E-state index is 0.573. The van der Waals surface area contributed by atoms with Crippen LogP contribution in [0.4, 0.5) is 5.69 Å². The van der Waals surface area contributed by atoms with Gasteiger partial charge in [0.1, 0.15) is 0 Å². The summed E-state index contributed by atoms with van der Waals surface area (Å²) in [5.41, 5.74) is 7.71. The van der Waals surface area contributed by atoms with Gasteiger partial charge in [0.05, 0.1) is 0 Å². The van der Waals surface area contributed by atoms with Crippen LogP contribution in [0.3, 0.4) is 0 Å². The Labute approximate surface area is 65.1 Å². The molecule has 0 saturated heterocycles. The van der Waals surface area contributed by atoms with Crippen LogP contribution < -0.4 is 11.2 Å². The van der Waals surface area contributed by atoms with Crippen LogP contribution in [0.25, 0.3) is 0 Å². The molecule has 55 valence electrons. The van der Waals surface area contributed by atoms with Crippen LogP contribution in [-0.2, 0) is 4.65 Å². The molecular weight excluding hydrogens is 141 g/mol. The van der Waals surface area contributed by atoms with Gasteiger partial charge in [-0.3, -0.25) is 0 Å². The van der Waals surface area contributed by atoms with E-state index in [1.807, 2.05) is 12.1 Å². The fourth-order valence-corrected chi connectivity index (χ4v) is 1.20. The highest BCUT2D eigenvalue weighted by Gasteiger charge is 2.23. The number of aliphatic hydroxyl groups excluding tert-OH is 1. The molecule has 11 heavy (non-hydrogen) atoms. The number of rotatable bonds is 0. The van der Waals surface area contributed by atoms with E-state index in [1.54, 1.807) is 6.07 Å². The van der Waals surface area contributed by atoms with Crippen molar-refractivity contribution < 1.29 is 9.76 Å². The largest absolute Gasteiger partial charge is 0.407 e. The lowest BCUT2D eigenvalue weighted by Crippen LogP contribution is -2.12. The Morgan fingerprint density at radius 1 is 1.55 bits per heavy atom. The summed E-state index contributed by atoms with van der Waals surface area (Å²) in [5.74, 6) is 0. The lowest BCUT2D eigenvalue weighted by Gasteiger charge is -2.05. The first-order valence-electron chi connectivity index (χ1n) is 3.34. The summed E-state index contributed by atoms with van der Waals surface area (Å²) < 4.78 is 4.85. The van der Waals surface area contributed by atoms with Gasteiger partial charge in [-0.05, 0) is 11.5 Å². The highest BCUT2D eigenvalue weighted by Crippen LogP contribution is 2.22. The fourth-order valence-electron chi connectivity index (χ4n) is 1.20. The number of hydrogen-bond donors (Lipinski definition) is 2. The Morgan fingerprint density at radius 3 is 3.09 bits per heavy atom. The SMILES string of the molecule is Nc1cccc2c1C(O)O[B]2. The van der Waals surface area contributed by atoms with Gasteiger partial charge in [0.15, 0.2) is 6.29 Å². The molecule has 2 rings (SSSR count). The van der Waals surface area contributed by atoms with E-state index in [9.17, 15) is 5.11 Å². The molecule has 0 aliphatic carbocycles. The first-order chi connectivity index (χ1) is 5.29. The van der Waals surface area contributed by atoms with Crippen molar-refractivity contribution in [2.75, 3.05) is 5.73 Å². The van der Waals surface area contributed by atoms with E-state index >= 15 is 0 Å². The summed E-state index contributed by atoms with van der Waals surface area (Å²) in [7, 11) is 1.51. The quantitative estimate of drug-likeness (QED) is 0.386. The van der Waals surface area contributed by atoms with Crippen LogP contribution in [0, 0.1) is 0 Å². The van der Waals surface area contributed by atoms with Gasteiger partial charge in [-0.15, -0.1) is 0 Å². The second kappa shape index (κ2) is 2.25. The molecule has 1 heterocycles. The highest BCUT2D eigenvalue weighted by molar-refractivity contribution is 6.49. The molecule has 0 amide bonds. The summed E-state index contributed by atoms with van der Waals surface area (Å²) in [6, 6.07) is 5.42. The third-order valence-electron chi connectivity index (χ3n) is 1.74. The van der Waals surface area contributed by atoms with Crippen molar-refractivity contribution in [3.8, 4) is 0 Å². The highest BCUT2D eigenvalue weighted by atomic mass is 16.6. The third-order valence-corrected chi connectivity index (χ3v) is 1.74. The number of nitrogen functional groups attached to an aromatic ring is 1. The molecule has 0 fully saturated rings. The Bertz CT molecular complexity index is 290. The number of anilines is 1. The van der Waals surface area contributed by atoms with Gasteiger partial charge < -0.3 is 15.5 Å². The predicted octanol–water partition coefficient (Wildman–Crippen LogP) is -0.466. The molecule has 0 bridgehead atoms. The van der Waals surface area contributed by atoms with Crippen molar-refractivity contribution in [1.29, 1.82) is 0 Å². The minimum atomic E-state index is -0.883. The van der Waals surface area contributed by atoms with E-state index in [0.29, 0.717) is 11.3 Å². The molecule has 1 radical (unpaired) electrons. The molecule has 0 aromatic heterocycles. The molecule has 1 aromatic rings. The summed E-state index contributed by atoms with van der Waals surface area (Å²) in [5, 5.41) is 9.23. The van der Waals surface area contributed by atoms with Crippen molar-refractivity contribution in [3.63, 3.8) is 0 Å². The number of nitrogens with two attached hydrogens (primary N) is 1. The van der Waals surface area contributed by atoms with Crippen LogP contribution in [0.15, 0.2) is 18.2 Å². The molecule has 1 unspecified atom stereocenters.